The quantitative estimate of drug-likeness (QED) is 0.909. The Morgan fingerprint density at radius 3 is 2.75 bits per heavy atom. The molecule has 0 amide bonds. The molecule has 20 heavy (non-hydrogen) atoms. The van der Waals surface area contributed by atoms with Crippen molar-refractivity contribution in [1.82, 2.24) is 4.98 Å². The van der Waals surface area contributed by atoms with Crippen LogP contribution in [-0.4, -0.2) is 12.1 Å². The fourth-order valence-corrected chi connectivity index (χ4v) is 1.96. The number of rotatable bonds is 5. The Morgan fingerprint density at radius 1 is 1.30 bits per heavy atom. The summed E-state index contributed by atoms with van der Waals surface area (Å²) in [5, 5.41) is 0. The minimum absolute atomic E-state index is 0.0965. The average molecular weight is 272 g/mol. The maximum Gasteiger partial charge on any atom is 0.130 e. The van der Waals surface area contributed by atoms with Gasteiger partial charge in [-0.15, -0.1) is 0 Å². The first-order chi connectivity index (χ1) is 9.61. The third kappa shape index (κ3) is 3.27. The zero-order valence-electron chi connectivity index (χ0n) is 12.1. The molecule has 0 bridgehead atoms. The third-order valence-electron chi connectivity index (χ3n) is 3.19. The van der Waals surface area contributed by atoms with Crippen molar-refractivity contribution in [2.45, 2.75) is 26.5 Å². The van der Waals surface area contributed by atoms with Crippen LogP contribution in [0.15, 0.2) is 36.5 Å². The van der Waals surface area contributed by atoms with Crippen molar-refractivity contribution in [3.05, 3.63) is 53.3 Å². The highest BCUT2D eigenvalue weighted by Crippen LogP contribution is 2.29. The summed E-state index contributed by atoms with van der Waals surface area (Å²) in [5.41, 5.74) is 8.96. The van der Waals surface area contributed by atoms with Gasteiger partial charge in [0.25, 0.3) is 0 Å². The number of nitrogens with two attached hydrogens (primary N) is 1. The highest BCUT2D eigenvalue weighted by Gasteiger charge is 2.10. The Hall–Kier alpha value is -2.07. The molecule has 0 fully saturated rings. The van der Waals surface area contributed by atoms with Gasteiger partial charge in [0.2, 0.25) is 0 Å². The van der Waals surface area contributed by atoms with Gasteiger partial charge in [-0.3, -0.25) is 4.98 Å². The first-order valence-corrected chi connectivity index (χ1v) is 6.58. The molecule has 0 unspecified atom stereocenters. The first-order valence-electron chi connectivity index (χ1n) is 6.58. The standard InChI is InChI=1S/C16H20N2O2/c1-11-5-4-8-18-15(11)10-20-16-9-13(19-3)6-7-14(16)12(2)17/h4-9,12H,10,17H2,1-3H3/t12-/m1/s1. The van der Waals surface area contributed by atoms with Crippen LogP contribution in [0.5, 0.6) is 11.5 Å². The second-order valence-electron chi connectivity index (χ2n) is 4.75. The molecule has 0 aliphatic heterocycles. The molecule has 4 nitrogen and oxygen atoms in total. The Bertz CT molecular complexity index is 582. The molecule has 2 rings (SSSR count). The van der Waals surface area contributed by atoms with Crippen molar-refractivity contribution < 1.29 is 9.47 Å². The molecule has 2 aromatic rings. The van der Waals surface area contributed by atoms with Gasteiger partial charge in [0.05, 0.1) is 12.8 Å². The smallest absolute Gasteiger partial charge is 0.130 e. The second kappa shape index (κ2) is 6.39. The van der Waals surface area contributed by atoms with Gasteiger partial charge in [0, 0.05) is 23.9 Å². The van der Waals surface area contributed by atoms with Crippen LogP contribution in [0, 0.1) is 6.92 Å². The number of pyridine rings is 1. The van der Waals surface area contributed by atoms with Crippen LogP contribution >= 0.6 is 0 Å². The molecule has 1 aromatic carbocycles. The lowest BCUT2D eigenvalue weighted by Crippen LogP contribution is -2.09. The first kappa shape index (κ1) is 14.3. The van der Waals surface area contributed by atoms with Crippen LogP contribution in [-0.2, 0) is 6.61 Å². The van der Waals surface area contributed by atoms with E-state index >= 15 is 0 Å². The monoisotopic (exact) mass is 272 g/mol. The SMILES string of the molecule is COc1ccc([C@@H](C)N)c(OCc2ncccc2C)c1. The highest BCUT2D eigenvalue weighted by atomic mass is 16.5. The minimum atomic E-state index is -0.0965. The van der Waals surface area contributed by atoms with Crippen molar-refractivity contribution in [1.29, 1.82) is 0 Å². The van der Waals surface area contributed by atoms with Crippen LogP contribution in [0.1, 0.15) is 29.8 Å². The molecule has 1 heterocycles. The molecule has 2 N–H and O–H groups in total. The molecule has 0 aliphatic carbocycles. The number of aromatic nitrogens is 1. The van der Waals surface area contributed by atoms with Gasteiger partial charge < -0.3 is 15.2 Å². The molecule has 0 spiro atoms. The number of ether oxygens (including phenoxy) is 2. The number of hydrogen-bond acceptors (Lipinski definition) is 4. The van der Waals surface area contributed by atoms with Crippen molar-refractivity contribution >= 4 is 0 Å². The number of methoxy groups -OCH3 is 1. The van der Waals surface area contributed by atoms with Gasteiger partial charge >= 0.3 is 0 Å². The Morgan fingerprint density at radius 2 is 2.10 bits per heavy atom. The van der Waals surface area contributed by atoms with Gasteiger partial charge in [0.1, 0.15) is 18.1 Å². The lowest BCUT2D eigenvalue weighted by atomic mass is 10.1. The summed E-state index contributed by atoms with van der Waals surface area (Å²) in [6.07, 6.45) is 1.77. The summed E-state index contributed by atoms with van der Waals surface area (Å²) in [6, 6.07) is 9.51. The average Bonchev–Trinajstić information content (AvgIpc) is 2.46. The van der Waals surface area contributed by atoms with Gasteiger partial charge in [-0.2, -0.15) is 0 Å². The minimum Gasteiger partial charge on any atom is -0.497 e. The van der Waals surface area contributed by atoms with E-state index in [1.165, 1.54) is 0 Å². The third-order valence-corrected chi connectivity index (χ3v) is 3.19. The molecule has 106 valence electrons. The fraction of sp³-hybridized carbons (Fsp3) is 0.312. The molecular formula is C16H20N2O2. The topological polar surface area (TPSA) is 57.4 Å². The summed E-state index contributed by atoms with van der Waals surface area (Å²) in [7, 11) is 1.63. The zero-order chi connectivity index (χ0) is 14.5. The van der Waals surface area contributed by atoms with E-state index in [9.17, 15) is 0 Å². The van der Waals surface area contributed by atoms with E-state index in [0.717, 1.165) is 28.3 Å². The van der Waals surface area contributed by atoms with E-state index in [-0.39, 0.29) is 6.04 Å². The molecule has 0 saturated carbocycles. The Labute approximate surface area is 119 Å². The van der Waals surface area contributed by atoms with E-state index < -0.39 is 0 Å². The lowest BCUT2D eigenvalue weighted by Gasteiger charge is -2.15. The summed E-state index contributed by atoms with van der Waals surface area (Å²) in [4.78, 5) is 4.32. The maximum absolute atomic E-state index is 5.97. The van der Waals surface area contributed by atoms with E-state index in [1.807, 2.05) is 44.2 Å². The number of aryl methyl sites for hydroxylation is 1. The van der Waals surface area contributed by atoms with Gasteiger partial charge in [0.15, 0.2) is 0 Å². The van der Waals surface area contributed by atoms with Crippen LogP contribution < -0.4 is 15.2 Å². The Balaban J connectivity index is 2.21. The van der Waals surface area contributed by atoms with E-state index in [1.54, 1.807) is 13.3 Å². The molecule has 4 heteroatoms. The molecule has 0 radical (unpaired) electrons. The van der Waals surface area contributed by atoms with Crippen molar-refractivity contribution in [3.8, 4) is 11.5 Å². The molecule has 0 saturated heterocycles. The molecule has 1 aromatic heterocycles. The van der Waals surface area contributed by atoms with Crippen LogP contribution in [0.2, 0.25) is 0 Å². The van der Waals surface area contributed by atoms with Crippen molar-refractivity contribution in [3.63, 3.8) is 0 Å². The second-order valence-corrected chi connectivity index (χ2v) is 4.75. The summed E-state index contributed by atoms with van der Waals surface area (Å²) < 4.78 is 11.1. The van der Waals surface area contributed by atoms with Crippen molar-refractivity contribution in [2.75, 3.05) is 7.11 Å². The van der Waals surface area contributed by atoms with Gasteiger partial charge in [-0.25, -0.2) is 0 Å². The predicted octanol–water partition coefficient (Wildman–Crippen LogP) is 3.00. The molecular weight excluding hydrogens is 252 g/mol. The van der Waals surface area contributed by atoms with Crippen LogP contribution in [0.25, 0.3) is 0 Å². The normalized spacial score (nSPS) is 12.0. The fourth-order valence-electron chi connectivity index (χ4n) is 1.96. The molecule has 0 aliphatic rings. The Kier molecular flexibility index (Phi) is 4.58. The van der Waals surface area contributed by atoms with E-state index in [0.29, 0.717) is 6.61 Å². The van der Waals surface area contributed by atoms with E-state index in [2.05, 4.69) is 4.98 Å². The number of benzene rings is 1. The maximum atomic E-state index is 5.97. The van der Waals surface area contributed by atoms with Crippen molar-refractivity contribution in [2.24, 2.45) is 5.73 Å². The largest absolute Gasteiger partial charge is 0.497 e. The van der Waals surface area contributed by atoms with Crippen LogP contribution in [0.4, 0.5) is 0 Å². The lowest BCUT2D eigenvalue weighted by molar-refractivity contribution is 0.293. The zero-order valence-corrected chi connectivity index (χ0v) is 12.1. The van der Waals surface area contributed by atoms with Gasteiger partial charge in [-0.1, -0.05) is 12.1 Å². The van der Waals surface area contributed by atoms with Gasteiger partial charge in [-0.05, 0) is 31.5 Å². The summed E-state index contributed by atoms with van der Waals surface area (Å²) in [5.74, 6) is 1.49. The summed E-state index contributed by atoms with van der Waals surface area (Å²) >= 11 is 0. The van der Waals surface area contributed by atoms with E-state index in [4.69, 9.17) is 15.2 Å². The molecule has 1 atom stereocenters. The summed E-state index contributed by atoms with van der Waals surface area (Å²) in [6.45, 7) is 4.37. The number of hydrogen-bond donors (Lipinski definition) is 1. The number of nitrogens with zero attached hydrogens (tertiary/aromatic N) is 1. The highest BCUT2D eigenvalue weighted by molar-refractivity contribution is 5.42. The predicted molar refractivity (Wildman–Crippen MR) is 78.9 cm³/mol. The van der Waals surface area contributed by atoms with Crippen LogP contribution in [0.3, 0.4) is 0 Å².